The van der Waals surface area contributed by atoms with Gasteiger partial charge in [0.1, 0.15) is 11.7 Å². The van der Waals surface area contributed by atoms with Gasteiger partial charge in [0, 0.05) is 12.3 Å². The summed E-state index contributed by atoms with van der Waals surface area (Å²) in [7, 11) is 0. The number of rotatable bonds is 7. The average molecular weight is 423 g/mol. The van der Waals surface area contributed by atoms with Crippen LogP contribution in [0.2, 0.25) is 0 Å². The van der Waals surface area contributed by atoms with E-state index in [1.807, 2.05) is 0 Å². The molecule has 0 N–H and O–H groups in total. The summed E-state index contributed by atoms with van der Waals surface area (Å²) in [6, 6.07) is 8.49. The predicted octanol–water partition coefficient (Wildman–Crippen LogP) is 8.69. The molecule has 1 aromatic rings. The Morgan fingerprint density at radius 3 is 2.23 bits per heavy atom. The monoisotopic (exact) mass is 422 g/mol. The Balaban J connectivity index is 1.61. The first-order chi connectivity index (χ1) is 14.4. The lowest BCUT2D eigenvalue weighted by Gasteiger charge is -2.36. The lowest BCUT2D eigenvalue weighted by Crippen LogP contribution is -2.37. The molecule has 3 rings (SSSR count). The third kappa shape index (κ3) is 5.36. The fourth-order valence-electron chi connectivity index (χ4n) is 5.22. The molecule has 2 aliphatic rings. The number of alkyl halides is 2. The highest BCUT2D eigenvalue weighted by molar-refractivity contribution is 5.26. The van der Waals surface area contributed by atoms with Gasteiger partial charge in [0.2, 0.25) is 0 Å². The van der Waals surface area contributed by atoms with Gasteiger partial charge in [0.25, 0.3) is 5.92 Å². The van der Waals surface area contributed by atoms with Crippen LogP contribution in [0.1, 0.15) is 81.8 Å². The van der Waals surface area contributed by atoms with Gasteiger partial charge < -0.3 is 0 Å². The topological polar surface area (TPSA) is 0 Å². The lowest BCUT2D eigenvalue weighted by molar-refractivity contribution is -0.0968. The average Bonchev–Trinajstić information content (AvgIpc) is 2.76. The van der Waals surface area contributed by atoms with Crippen LogP contribution in [0.4, 0.5) is 17.6 Å². The SMILES string of the molecule is C=CCCC1CCC(/C(F)=C(\F)C2CCC(c3ccc(CC)cc3)CC2)C(F)(F)C1. The van der Waals surface area contributed by atoms with Crippen molar-refractivity contribution < 1.29 is 17.6 Å². The molecule has 2 saturated carbocycles. The highest BCUT2D eigenvalue weighted by Crippen LogP contribution is 2.49. The van der Waals surface area contributed by atoms with E-state index in [0.29, 0.717) is 38.0 Å². The van der Waals surface area contributed by atoms with Gasteiger partial charge in [-0.1, -0.05) is 37.3 Å². The normalized spacial score (nSPS) is 29.9. The van der Waals surface area contributed by atoms with E-state index in [-0.39, 0.29) is 18.8 Å². The van der Waals surface area contributed by atoms with Crippen LogP contribution in [0.15, 0.2) is 48.6 Å². The molecule has 0 spiro atoms. The lowest BCUT2D eigenvalue weighted by atomic mass is 9.74. The first kappa shape index (κ1) is 23.1. The quantitative estimate of drug-likeness (QED) is 0.304. The number of halogens is 4. The van der Waals surface area contributed by atoms with E-state index in [4.69, 9.17) is 0 Å². The van der Waals surface area contributed by atoms with Gasteiger partial charge in [0.15, 0.2) is 0 Å². The fourth-order valence-corrected chi connectivity index (χ4v) is 5.22. The summed E-state index contributed by atoms with van der Waals surface area (Å²) in [5.74, 6) is -7.24. The van der Waals surface area contributed by atoms with Crippen molar-refractivity contribution in [2.24, 2.45) is 17.8 Å². The van der Waals surface area contributed by atoms with E-state index in [0.717, 1.165) is 19.3 Å². The molecule has 0 nitrogen and oxygen atoms in total. The smallest absolute Gasteiger partial charge is 0.209 e. The van der Waals surface area contributed by atoms with Crippen LogP contribution in [-0.4, -0.2) is 5.92 Å². The summed E-state index contributed by atoms with van der Waals surface area (Å²) >= 11 is 0. The Hall–Kier alpha value is -1.58. The van der Waals surface area contributed by atoms with Crippen molar-refractivity contribution in [2.45, 2.75) is 83.0 Å². The van der Waals surface area contributed by atoms with Crippen LogP contribution < -0.4 is 0 Å². The molecule has 0 radical (unpaired) electrons. The molecule has 2 aliphatic carbocycles. The number of benzene rings is 1. The van der Waals surface area contributed by atoms with Gasteiger partial charge in [-0.25, -0.2) is 17.6 Å². The van der Waals surface area contributed by atoms with Crippen LogP contribution in [0.5, 0.6) is 0 Å². The zero-order valence-corrected chi connectivity index (χ0v) is 18.0. The van der Waals surface area contributed by atoms with E-state index in [1.165, 1.54) is 11.1 Å². The summed E-state index contributed by atoms with van der Waals surface area (Å²) in [6.45, 7) is 5.74. The summed E-state index contributed by atoms with van der Waals surface area (Å²) in [6.07, 6.45) is 6.78. The molecule has 2 unspecified atom stereocenters. The van der Waals surface area contributed by atoms with Crippen molar-refractivity contribution >= 4 is 0 Å². The summed E-state index contributed by atoms with van der Waals surface area (Å²) in [5, 5.41) is 0. The minimum absolute atomic E-state index is 0.0210. The zero-order chi connectivity index (χ0) is 21.7. The van der Waals surface area contributed by atoms with Crippen molar-refractivity contribution in [3.63, 3.8) is 0 Å². The molecule has 0 heterocycles. The first-order valence-electron chi connectivity index (χ1n) is 11.5. The third-order valence-electron chi connectivity index (χ3n) is 7.19. The van der Waals surface area contributed by atoms with E-state index in [9.17, 15) is 17.6 Å². The molecule has 0 saturated heterocycles. The predicted molar refractivity (Wildman–Crippen MR) is 115 cm³/mol. The van der Waals surface area contributed by atoms with Gasteiger partial charge in [-0.3, -0.25) is 0 Å². The Labute approximate surface area is 178 Å². The minimum atomic E-state index is -3.18. The molecule has 0 aliphatic heterocycles. The molecular weight excluding hydrogens is 388 g/mol. The summed E-state index contributed by atoms with van der Waals surface area (Å²) in [4.78, 5) is 0. The van der Waals surface area contributed by atoms with Gasteiger partial charge >= 0.3 is 0 Å². The van der Waals surface area contributed by atoms with Crippen molar-refractivity contribution in [1.29, 1.82) is 0 Å². The molecule has 4 heteroatoms. The van der Waals surface area contributed by atoms with Crippen LogP contribution in [0.3, 0.4) is 0 Å². The Bertz CT molecular complexity index is 726. The van der Waals surface area contributed by atoms with Gasteiger partial charge in [-0.2, -0.15) is 0 Å². The molecule has 0 aromatic heterocycles. The van der Waals surface area contributed by atoms with Crippen LogP contribution in [0, 0.1) is 17.8 Å². The molecule has 0 bridgehead atoms. The van der Waals surface area contributed by atoms with E-state index >= 15 is 0 Å². The van der Waals surface area contributed by atoms with Crippen molar-refractivity contribution in [2.75, 3.05) is 0 Å². The van der Waals surface area contributed by atoms with Crippen LogP contribution in [0.25, 0.3) is 0 Å². The van der Waals surface area contributed by atoms with Crippen molar-refractivity contribution in [1.82, 2.24) is 0 Å². The van der Waals surface area contributed by atoms with Gasteiger partial charge in [-0.05, 0) is 80.8 Å². The molecule has 30 heavy (non-hydrogen) atoms. The molecule has 0 amide bonds. The molecule has 1 aromatic carbocycles. The van der Waals surface area contributed by atoms with E-state index in [1.54, 1.807) is 6.08 Å². The highest BCUT2D eigenvalue weighted by Gasteiger charge is 2.48. The number of hydrogen-bond donors (Lipinski definition) is 0. The zero-order valence-electron chi connectivity index (χ0n) is 18.0. The second-order valence-corrected chi connectivity index (χ2v) is 9.17. The van der Waals surface area contributed by atoms with Crippen molar-refractivity contribution in [3.05, 3.63) is 59.7 Å². The maximum absolute atomic E-state index is 14.9. The van der Waals surface area contributed by atoms with Crippen LogP contribution in [-0.2, 0) is 6.42 Å². The molecular formula is C26H34F4. The number of allylic oxidation sites excluding steroid dienone is 3. The molecule has 2 fully saturated rings. The molecule has 2 atom stereocenters. The summed E-state index contributed by atoms with van der Waals surface area (Å²) in [5.41, 5.74) is 2.52. The first-order valence-corrected chi connectivity index (χ1v) is 11.5. The Morgan fingerprint density at radius 2 is 1.67 bits per heavy atom. The molecule has 166 valence electrons. The van der Waals surface area contributed by atoms with E-state index in [2.05, 4.69) is 37.8 Å². The van der Waals surface area contributed by atoms with Gasteiger partial charge in [0.05, 0.1) is 5.92 Å². The second-order valence-electron chi connectivity index (χ2n) is 9.17. The highest BCUT2D eigenvalue weighted by atomic mass is 19.3. The largest absolute Gasteiger partial charge is 0.257 e. The summed E-state index contributed by atoms with van der Waals surface area (Å²) < 4.78 is 59.0. The number of hydrogen-bond acceptors (Lipinski definition) is 0. The standard InChI is InChI=1S/C26H34F4/c1-3-5-6-19-9-16-23(26(29,30)17-19)25(28)24(27)22-14-12-21(13-15-22)20-10-7-18(4-2)8-11-20/h3,7-8,10-11,19,21-23H,1,4-6,9,12-17H2,2H3/b25-24+. The maximum atomic E-state index is 14.9. The fraction of sp³-hybridized carbons (Fsp3) is 0.615. The minimum Gasteiger partial charge on any atom is -0.209 e. The Kier molecular flexibility index (Phi) is 7.81. The maximum Gasteiger partial charge on any atom is 0.257 e. The van der Waals surface area contributed by atoms with Crippen LogP contribution >= 0.6 is 0 Å². The second kappa shape index (κ2) is 10.2. The van der Waals surface area contributed by atoms with Gasteiger partial charge in [-0.15, -0.1) is 6.58 Å². The van der Waals surface area contributed by atoms with Crippen molar-refractivity contribution in [3.8, 4) is 0 Å². The Morgan fingerprint density at radius 1 is 1.00 bits per heavy atom. The van der Waals surface area contributed by atoms with E-state index < -0.39 is 29.4 Å². The third-order valence-corrected chi connectivity index (χ3v) is 7.19. The number of aryl methyl sites for hydroxylation is 1.